The molecule has 29 heavy (non-hydrogen) atoms. The van der Waals surface area contributed by atoms with Gasteiger partial charge in [-0.25, -0.2) is 0 Å². The van der Waals surface area contributed by atoms with Crippen LogP contribution >= 0.6 is 0 Å². The molecule has 2 aliphatic heterocycles. The molecule has 0 radical (unpaired) electrons. The second-order valence-corrected chi connectivity index (χ2v) is 8.37. The summed E-state index contributed by atoms with van der Waals surface area (Å²) < 4.78 is 5.81. The zero-order valence-electron chi connectivity index (χ0n) is 17.0. The Bertz CT molecular complexity index is 772. The van der Waals surface area contributed by atoms with Crippen LogP contribution in [0.3, 0.4) is 0 Å². The van der Waals surface area contributed by atoms with Crippen molar-refractivity contribution in [2.45, 2.75) is 44.6 Å². The van der Waals surface area contributed by atoms with Gasteiger partial charge < -0.3 is 14.9 Å². The maximum Gasteiger partial charge on any atom is 0.119 e. The molecule has 0 bridgehead atoms. The fraction of sp³-hybridized carbons (Fsp3) is 0.500. The molecule has 4 rings (SSSR count). The molecule has 5 nitrogen and oxygen atoms in total. The average Bonchev–Trinajstić information content (AvgIpc) is 2.75. The Morgan fingerprint density at radius 3 is 2.41 bits per heavy atom. The van der Waals surface area contributed by atoms with Crippen molar-refractivity contribution in [1.29, 1.82) is 0 Å². The highest BCUT2D eigenvalue weighted by atomic mass is 16.5. The van der Waals surface area contributed by atoms with E-state index < -0.39 is 6.10 Å². The normalized spacial score (nSPS) is 19.7. The molecule has 5 heteroatoms. The number of benzene rings is 2. The number of ether oxygens (including phenoxy) is 1. The van der Waals surface area contributed by atoms with Crippen molar-refractivity contribution in [3.63, 3.8) is 0 Å². The van der Waals surface area contributed by atoms with Gasteiger partial charge in [0.2, 0.25) is 0 Å². The monoisotopic (exact) mass is 396 g/mol. The number of nitrogens with zero attached hydrogens (tertiary/aromatic N) is 2. The SMILES string of the molecule is OC1CCN(Cc2ccc(OC[C@H](O)CN3CCc4ccccc4C3)cc2)CC1. The van der Waals surface area contributed by atoms with Crippen molar-refractivity contribution in [2.24, 2.45) is 0 Å². The number of piperidine rings is 1. The van der Waals surface area contributed by atoms with Crippen LogP contribution in [0.15, 0.2) is 48.5 Å². The standard InChI is InChI=1S/C24H32N2O3/c27-22-10-13-25(14-11-22)15-19-5-7-24(8-6-19)29-18-23(28)17-26-12-9-20-3-1-2-4-21(20)16-26/h1-8,22-23,27-28H,9-18H2/t23-/m1/s1. The average molecular weight is 397 g/mol. The minimum Gasteiger partial charge on any atom is -0.491 e. The quantitative estimate of drug-likeness (QED) is 0.753. The van der Waals surface area contributed by atoms with Crippen LogP contribution in [-0.4, -0.2) is 65.0 Å². The molecule has 0 spiro atoms. The fourth-order valence-corrected chi connectivity index (χ4v) is 4.28. The predicted molar refractivity (Wildman–Crippen MR) is 114 cm³/mol. The third-order valence-electron chi connectivity index (χ3n) is 6.01. The summed E-state index contributed by atoms with van der Waals surface area (Å²) in [4.78, 5) is 4.68. The van der Waals surface area contributed by atoms with Crippen LogP contribution in [-0.2, 0) is 19.5 Å². The number of rotatable bonds is 7. The summed E-state index contributed by atoms with van der Waals surface area (Å²) in [5.74, 6) is 0.797. The number of hydrogen-bond donors (Lipinski definition) is 2. The summed E-state index contributed by atoms with van der Waals surface area (Å²) in [6.07, 6.45) is 2.14. The first-order chi connectivity index (χ1) is 14.2. The minimum atomic E-state index is -0.500. The molecular weight excluding hydrogens is 364 g/mol. The van der Waals surface area contributed by atoms with Crippen LogP contribution in [0.1, 0.15) is 29.5 Å². The molecule has 2 N–H and O–H groups in total. The molecule has 0 aromatic heterocycles. The van der Waals surface area contributed by atoms with Gasteiger partial charge in [-0.05, 0) is 48.1 Å². The van der Waals surface area contributed by atoms with Crippen molar-refractivity contribution in [2.75, 3.05) is 32.8 Å². The third-order valence-corrected chi connectivity index (χ3v) is 6.01. The van der Waals surface area contributed by atoms with E-state index in [0.29, 0.717) is 13.2 Å². The van der Waals surface area contributed by atoms with E-state index in [-0.39, 0.29) is 6.10 Å². The first-order valence-electron chi connectivity index (χ1n) is 10.7. The van der Waals surface area contributed by atoms with Gasteiger partial charge in [-0.15, -0.1) is 0 Å². The molecule has 156 valence electrons. The summed E-state index contributed by atoms with van der Waals surface area (Å²) in [6.45, 7) is 5.63. The largest absolute Gasteiger partial charge is 0.491 e. The number of aliphatic hydroxyl groups excluding tert-OH is 2. The van der Waals surface area contributed by atoms with Crippen LogP contribution in [0, 0.1) is 0 Å². The Labute approximate surface area is 173 Å². The Morgan fingerprint density at radius 2 is 1.66 bits per heavy atom. The molecular formula is C24H32N2O3. The van der Waals surface area contributed by atoms with Gasteiger partial charge in [-0.2, -0.15) is 0 Å². The van der Waals surface area contributed by atoms with Crippen LogP contribution in [0.25, 0.3) is 0 Å². The molecule has 1 saturated heterocycles. The first-order valence-corrected chi connectivity index (χ1v) is 10.7. The Morgan fingerprint density at radius 1 is 0.931 bits per heavy atom. The number of hydrogen-bond acceptors (Lipinski definition) is 5. The van der Waals surface area contributed by atoms with Gasteiger partial charge >= 0.3 is 0 Å². The molecule has 2 aromatic rings. The summed E-state index contributed by atoms with van der Waals surface area (Å²) >= 11 is 0. The van der Waals surface area contributed by atoms with Gasteiger partial charge in [0.05, 0.1) is 6.10 Å². The molecule has 0 amide bonds. The topological polar surface area (TPSA) is 56.2 Å². The molecule has 0 aliphatic carbocycles. The second-order valence-electron chi connectivity index (χ2n) is 8.37. The maximum atomic E-state index is 10.4. The molecule has 2 aliphatic rings. The number of fused-ring (bicyclic) bond motifs is 1. The van der Waals surface area contributed by atoms with E-state index >= 15 is 0 Å². The smallest absolute Gasteiger partial charge is 0.119 e. The molecule has 2 aromatic carbocycles. The maximum absolute atomic E-state index is 10.4. The lowest BCUT2D eigenvalue weighted by atomic mass is 10.00. The lowest BCUT2D eigenvalue weighted by Gasteiger charge is -2.30. The van der Waals surface area contributed by atoms with Crippen molar-refractivity contribution in [3.05, 3.63) is 65.2 Å². The fourth-order valence-electron chi connectivity index (χ4n) is 4.28. The Kier molecular flexibility index (Phi) is 6.82. The van der Waals surface area contributed by atoms with E-state index in [1.807, 2.05) is 12.1 Å². The van der Waals surface area contributed by atoms with Crippen molar-refractivity contribution < 1.29 is 14.9 Å². The van der Waals surface area contributed by atoms with Gasteiger partial charge in [0.1, 0.15) is 18.5 Å². The highest BCUT2D eigenvalue weighted by molar-refractivity contribution is 5.29. The Hall–Kier alpha value is -1.92. The van der Waals surface area contributed by atoms with Crippen LogP contribution < -0.4 is 4.74 Å². The lowest BCUT2D eigenvalue weighted by Crippen LogP contribution is -2.38. The van der Waals surface area contributed by atoms with E-state index in [1.165, 1.54) is 16.7 Å². The van der Waals surface area contributed by atoms with Crippen LogP contribution in [0.2, 0.25) is 0 Å². The van der Waals surface area contributed by atoms with E-state index in [4.69, 9.17) is 4.74 Å². The third kappa shape index (κ3) is 5.80. The van der Waals surface area contributed by atoms with Crippen molar-refractivity contribution in [1.82, 2.24) is 9.80 Å². The van der Waals surface area contributed by atoms with Gasteiger partial charge in [0.25, 0.3) is 0 Å². The summed E-state index contributed by atoms with van der Waals surface area (Å²) in [5.41, 5.74) is 4.04. The highest BCUT2D eigenvalue weighted by Crippen LogP contribution is 2.19. The van der Waals surface area contributed by atoms with Crippen molar-refractivity contribution in [3.8, 4) is 5.75 Å². The number of likely N-dealkylation sites (tertiary alicyclic amines) is 1. The molecule has 0 unspecified atom stereocenters. The summed E-state index contributed by atoms with van der Waals surface area (Å²) in [7, 11) is 0. The second kappa shape index (κ2) is 9.72. The van der Waals surface area contributed by atoms with E-state index in [0.717, 1.165) is 57.7 Å². The minimum absolute atomic E-state index is 0.131. The Balaban J connectivity index is 1.20. The zero-order chi connectivity index (χ0) is 20.1. The number of aliphatic hydroxyl groups is 2. The van der Waals surface area contributed by atoms with Gasteiger partial charge in [0, 0.05) is 39.3 Å². The van der Waals surface area contributed by atoms with E-state index in [9.17, 15) is 10.2 Å². The molecule has 2 heterocycles. The van der Waals surface area contributed by atoms with Gasteiger partial charge in [0.15, 0.2) is 0 Å². The zero-order valence-corrected chi connectivity index (χ0v) is 17.0. The number of β-amino-alcohol motifs (C(OH)–C–C–N with tert-alkyl or cyclic N) is 1. The molecule has 1 fully saturated rings. The summed E-state index contributed by atoms with van der Waals surface area (Å²) in [5, 5.41) is 20.0. The van der Waals surface area contributed by atoms with Crippen LogP contribution in [0.4, 0.5) is 0 Å². The molecule has 1 atom stereocenters. The first kappa shape index (κ1) is 20.4. The van der Waals surface area contributed by atoms with E-state index in [1.54, 1.807) is 0 Å². The molecule has 0 saturated carbocycles. The lowest BCUT2D eigenvalue weighted by molar-refractivity contribution is 0.0637. The predicted octanol–water partition coefficient (Wildman–Crippen LogP) is 2.44. The van der Waals surface area contributed by atoms with Gasteiger partial charge in [-0.1, -0.05) is 36.4 Å². The van der Waals surface area contributed by atoms with E-state index in [2.05, 4.69) is 46.2 Å². The van der Waals surface area contributed by atoms with Crippen molar-refractivity contribution >= 4 is 0 Å². The van der Waals surface area contributed by atoms with Crippen LogP contribution in [0.5, 0.6) is 5.75 Å². The summed E-state index contributed by atoms with van der Waals surface area (Å²) in [6, 6.07) is 16.7. The van der Waals surface area contributed by atoms with Gasteiger partial charge in [-0.3, -0.25) is 9.80 Å². The highest BCUT2D eigenvalue weighted by Gasteiger charge is 2.19.